The summed E-state index contributed by atoms with van der Waals surface area (Å²) in [6.07, 6.45) is 0.690. The third kappa shape index (κ3) is 4.66. The van der Waals surface area contributed by atoms with Crippen LogP contribution in [0.25, 0.3) is 0 Å². The van der Waals surface area contributed by atoms with E-state index in [1.165, 1.54) is 29.0 Å². The Balaban J connectivity index is 1.70. The van der Waals surface area contributed by atoms with E-state index >= 15 is 0 Å². The van der Waals surface area contributed by atoms with Crippen LogP contribution in [0.3, 0.4) is 0 Å². The summed E-state index contributed by atoms with van der Waals surface area (Å²) >= 11 is 7.25. The molecule has 138 valence electrons. The molecule has 9 heteroatoms. The molecule has 0 aliphatic heterocycles. The summed E-state index contributed by atoms with van der Waals surface area (Å²) in [4.78, 5) is 22.7. The number of carbonyl (C=O) groups excluding carboxylic acids is 1. The number of nitro benzene ring substituents is 1. The molecule has 0 radical (unpaired) electrons. The van der Waals surface area contributed by atoms with Crippen molar-refractivity contribution in [2.24, 2.45) is 0 Å². The molecule has 7 nitrogen and oxygen atoms in total. The number of nitrogens with one attached hydrogen (secondary N) is 1. The molecule has 1 heterocycles. The largest absolute Gasteiger partial charge is 0.296 e. The molecule has 0 aliphatic rings. The fourth-order valence-corrected chi connectivity index (χ4v) is 3.58. The van der Waals surface area contributed by atoms with Crippen LogP contribution in [0.15, 0.2) is 48.5 Å². The van der Waals surface area contributed by atoms with Crippen molar-refractivity contribution in [2.45, 2.75) is 19.3 Å². The summed E-state index contributed by atoms with van der Waals surface area (Å²) in [6, 6.07) is 13.7. The summed E-state index contributed by atoms with van der Waals surface area (Å²) in [6.45, 7) is 2.10. The monoisotopic (exact) mass is 402 g/mol. The Morgan fingerprint density at radius 3 is 2.70 bits per heavy atom. The predicted molar refractivity (Wildman–Crippen MR) is 105 cm³/mol. The number of anilines is 1. The molecule has 1 unspecified atom stereocenters. The van der Waals surface area contributed by atoms with Crippen molar-refractivity contribution in [1.29, 1.82) is 0 Å². The van der Waals surface area contributed by atoms with Crippen LogP contribution in [0.2, 0.25) is 5.02 Å². The molecule has 1 aromatic heterocycles. The molecule has 3 rings (SSSR count). The smallest absolute Gasteiger partial charge is 0.270 e. The number of aromatic nitrogens is 2. The zero-order chi connectivity index (χ0) is 19.4. The summed E-state index contributed by atoms with van der Waals surface area (Å²) in [7, 11) is 0. The number of non-ortho nitro benzene ring substituents is 1. The second-order valence-corrected chi connectivity index (χ2v) is 7.36. The Morgan fingerprint density at radius 2 is 2.00 bits per heavy atom. The molecule has 27 heavy (non-hydrogen) atoms. The Hall–Kier alpha value is -2.84. The summed E-state index contributed by atoms with van der Waals surface area (Å²) < 4.78 is 0. The number of amides is 1. The van der Waals surface area contributed by atoms with Crippen molar-refractivity contribution in [2.75, 3.05) is 5.32 Å². The van der Waals surface area contributed by atoms with Crippen LogP contribution in [0.5, 0.6) is 0 Å². The number of nitrogens with zero attached hydrogens (tertiary/aromatic N) is 3. The van der Waals surface area contributed by atoms with Gasteiger partial charge in [0.05, 0.1) is 15.5 Å². The molecule has 0 bridgehead atoms. The molecule has 1 N–H and O–H groups in total. The van der Waals surface area contributed by atoms with E-state index in [-0.39, 0.29) is 22.2 Å². The molecule has 2 aromatic carbocycles. The topological polar surface area (TPSA) is 98.0 Å². The van der Waals surface area contributed by atoms with Crippen LogP contribution in [0.1, 0.15) is 33.8 Å². The highest BCUT2D eigenvalue weighted by atomic mass is 35.5. The number of hydrogen-bond acceptors (Lipinski definition) is 6. The summed E-state index contributed by atoms with van der Waals surface area (Å²) in [5, 5.41) is 22.8. The van der Waals surface area contributed by atoms with Gasteiger partial charge in [0.25, 0.3) is 11.6 Å². The normalized spacial score (nSPS) is 11.8. The molecule has 0 aliphatic carbocycles. The number of rotatable bonds is 6. The first-order valence-corrected chi connectivity index (χ1v) is 9.26. The molecule has 1 atom stereocenters. The van der Waals surface area contributed by atoms with Gasteiger partial charge in [0.15, 0.2) is 0 Å². The molecule has 0 spiro atoms. The number of nitro groups is 1. The van der Waals surface area contributed by atoms with Gasteiger partial charge in [-0.2, -0.15) is 0 Å². The first-order chi connectivity index (χ1) is 12.9. The van der Waals surface area contributed by atoms with Crippen LogP contribution in [0, 0.1) is 10.1 Å². The van der Waals surface area contributed by atoms with E-state index in [2.05, 4.69) is 34.6 Å². The van der Waals surface area contributed by atoms with Crippen molar-refractivity contribution >= 4 is 39.7 Å². The minimum absolute atomic E-state index is 0.0141. The Kier molecular flexibility index (Phi) is 5.78. The van der Waals surface area contributed by atoms with E-state index in [1.54, 1.807) is 0 Å². The quantitative estimate of drug-likeness (QED) is 0.476. The van der Waals surface area contributed by atoms with E-state index in [1.807, 2.05) is 18.2 Å². The van der Waals surface area contributed by atoms with E-state index in [9.17, 15) is 14.9 Å². The van der Waals surface area contributed by atoms with Crippen molar-refractivity contribution in [3.63, 3.8) is 0 Å². The lowest BCUT2D eigenvalue weighted by Crippen LogP contribution is -2.12. The maximum absolute atomic E-state index is 12.4. The lowest BCUT2D eigenvalue weighted by molar-refractivity contribution is -0.384. The van der Waals surface area contributed by atoms with Gasteiger partial charge in [0, 0.05) is 18.6 Å². The molecular formula is C18H15ClN4O3S. The molecule has 1 amide bonds. The standard InChI is InChI=1S/C18H15ClN4O3S/c1-11(12-5-3-2-4-6-12)9-16-21-22-18(27-16)20-17(24)14-10-13(23(25)26)7-8-15(14)19/h2-8,10-11H,9H2,1H3,(H,20,22,24). The maximum atomic E-state index is 12.4. The van der Waals surface area contributed by atoms with Gasteiger partial charge in [-0.3, -0.25) is 20.2 Å². The second kappa shape index (κ2) is 8.24. The van der Waals surface area contributed by atoms with E-state index in [4.69, 9.17) is 11.6 Å². The summed E-state index contributed by atoms with van der Waals surface area (Å²) in [5.41, 5.74) is 1.00. The fourth-order valence-electron chi connectivity index (χ4n) is 2.51. The van der Waals surface area contributed by atoms with E-state index in [0.717, 1.165) is 11.1 Å². The summed E-state index contributed by atoms with van der Waals surface area (Å²) in [5.74, 6) is -0.309. The van der Waals surface area contributed by atoms with Gasteiger partial charge in [-0.25, -0.2) is 0 Å². The minimum Gasteiger partial charge on any atom is -0.296 e. The zero-order valence-electron chi connectivity index (χ0n) is 14.3. The zero-order valence-corrected chi connectivity index (χ0v) is 15.8. The van der Waals surface area contributed by atoms with Crippen LogP contribution in [-0.4, -0.2) is 21.0 Å². The average Bonchev–Trinajstić information content (AvgIpc) is 3.09. The molecule has 3 aromatic rings. The van der Waals surface area contributed by atoms with Crippen molar-refractivity contribution < 1.29 is 9.72 Å². The maximum Gasteiger partial charge on any atom is 0.270 e. The average molecular weight is 403 g/mol. The van der Waals surface area contributed by atoms with E-state index in [0.29, 0.717) is 11.6 Å². The number of carbonyl (C=O) groups is 1. The molecule has 0 fully saturated rings. The minimum atomic E-state index is -0.582. The van der Waals surface area contributed by atoms with Crippen LogP contribution < -0.4 is 5.32 Å². The van der Waals surface area contributed by atoms with Gasteiger partial charge >= 0.3 is 0 Å². The van der Waals surface area contributed by atoms with Gasteiger partial charge < -0.3 is 0 Å². The van der Waals surface area contributed by atoms with Crippen LogP contribution in [-0.2, 0) is 6.42 Å². The first-order valence-electron chi connectivity index (χ1n) is 8.06. The van der Waals surface area contributed by atoms with Crippen LogP contribution >= 0.6 is 22.9 Å². The van der Waals surface area contributed by atoms with Gasteiger partial charge in [0.2, 0.25) is 5.13 Å². The second-order valence-electron chi connectivity index (χ2n) is 5.89. The van der Waals surface area contributed by atoms with Gasteiger partial charge in [0.1, 0.15) is 5.01 Å². The SMILES string of the molecule is CC(Cc1nnc(NC(=O)c2cc([N+](=O)[O-])ccc2Cl)s1)c1ccccc1. The highest BCUT2D eigenvalue weighted by Gasteiger charge is 2.18. The Bertz CT molecular complexity index is 978. The molecule has 0 saturated carbocycles. The van der Waals surface area contributed by atoms with Crippen LogP contribution in [0.4, 0.5) is 10.8 Å². The first kappa shape index (κ1) is 18.9. The van der Waals surface area contributed by atoms with Gasteiger partial charge in [-0.05, 0) is 17.5 Å². The third-order valence-electron chi connectivity index (χ3n) is 3.94. The fraction of sp³-hybridized carbons (Fsp3) is 0.167. The van der Waals surface area contributed by atoms with Crippen molar-refractivity contribution in [3.8, 4) is 0 Å². The highest BCUT2D eigenvalue weighted by molar-refractivity contribution is 7.15. The number of benzene rings is 2. The molecule has 0 saturated heterocycles. The number of halogens is 1. The Labute approximate surface area is 164 Å². The predicted octanol–water partition coefficient (Wildman–Crippen LogP) is 4.70. The van der Waals surface area contributed by atoms with Gasteiger partial charge in [-0.15, -0.1) is 10.2 Å². The lowest BCUT2D eigenvalue weighted by atomic mass is 9.98. The lowest BCUT2D eigenvalue weighted by Gasteiger charge is -2.08. The van der Waals surface area contributed by atoms with Crippen molar-refractivity contribution in [1.82, 2.24) is 10.2 Å². The Morgan fingerprint density at radius 1 is 1.26 bits per heavy atom. The molecular weight excluding hydrogens is 388 g/mol. The highest BCUT2D eigenvalue weighted by Crippen LogP contribution is 2.26. The van der Waals surface area contributed by atoms with E-state index < -0.39 is 10.8 Å². The third-order valence-corrected chi connectivity index (χ3v) is 5.13. The number of hydrogen-bond donors (Lipinski definition) is 1. The van der Waals surface area contributed by atoms with Crippen molar-refractivity contribution in [3.05, 3.63) is 79.8 Å². The van der Waals surface area contributed by atoms with Gasteiger partial charge in [-0.1, -0.05) is 60.2 Å².